The molecule has 1 aromatic carbocycles. The van der Waals surface area contributed by atoms with E-state index in [4.69, 9.17) is 17.3 Å². The molecule has 1 amide bonds. The van der Waals surface area contributed by atoms with Gasteiger partial charge in [-0.25, -0.2) is 5.10 Å². The molecule has 0 saturated heterocycles. The third-order valence-corrected chi connectivity index (χ3v) is 3.55. The minimum Gasteiger partial charge on any atom is -0.368 e. The maximum absolute atomic E-state index is 12.7. The van der Waals surface area contributed by atoms with E-state index in [1.807, 2.05) is 0 Å². The Morgan fingerprint density at radius 2 is 2.18 bits per heavy atom. The summed E-state index contributed by atoms with van der Waals surface area (Å²) in [6.45, 7) is 0. The van der Waals surface area contributed by atoms with Crippen LogP contribution in [0.1, 0.15) is 5.56 Å². The number of benzene rings is 1. The Bertz CT molecular complexity index is 691. The molecule has 22 heavy (non-hydrogen) atoms. The van der Waals surface area contributed by atoms with E-state index in [1.165, 1.54) is 6.07 Å². The second-order valence-electron chi connectivity index (χ2n) is 4.03. The Morgan fingerprint density at radius 1 is 1.45 bits per heavy atom. The zero-order valence-corrected chi connectivity index (χ0v) is 12.3. The van der Waals surface area contributed by atoms with Crippen molar-refractivity contribution in [3.8, 4) is 0 Å². The highest BCUT2D eigenvalue weighted by molar-refractivity contribution is 7.99. The zero-order chi connectivity index (χ0) is 16.3. The number of anilines is 2. The van der Waals surface area contributed by atoms with Crippen molar-refractivity contribution in [3.05, 3.63) is 28.8 Å². The minimum absolute atomic E-state index is 0.00294. The van der Waals surface area contributed by atoms with Crippen LogP contribution in [-0.4, -0.2) is 26.8 Å². The first-order valence-electron chi connectivity index (χ1n) is 5.73. The third kappa shape index (κ3) is 4.28. The van der Waals surface area contributed by atoms with Crippen molar-refractivity contribution in [2.75, 3.05) is 16.8 Å². The molecular formula is C11H9ClF3N5OS. The van der Waals surface area contributed by atoms with Gasteiger partial charge in [0.25, 0.3) is 0 Å². The van der Waals surface area contributed by atoms with Gasteiger partial charge in [0.15, 0.2) is 0 Å². The highest BCUT2D eigenvalue weighted by atomic mass is 35.5. The van der Waals surface area contributed by atoms with Gasteiger partial charge in [0.1, 0.15) is 0 Å². The fourth-order valence-electron chi connectivity index (χ4n) is 1.47. The Morgan fingerprint density at radius 3 is 2.77 bits per heavy atom. The first-order chi connectivity index (χ1) is 10.3. The van der Waals surface area contributed by atoms with Crippen LogP contribution in [0.25, 0.3) is 0 Å². The molecule has 1 heterocycles. The number of nitrogens with two attached hydrogens (primary N) is 1. The summed E-state index contributed by atoms with van der Waals surface area (Å²) in [5, 5.41) is 8.28. The maximum atomic E-state index is 12.7. The van der Waals surface area contributed by atoms with Crippen LogP contribution in [0.3, 0.4) is 0 Å². The normalized spacial score (nSPS) is 11.5. The number of hydrogen-bond acceptors (Lipinski definition) is 5. The predicted octanol–water partition coefficient (Wildman–Crippen LogP) is 2.79. The van der Waals surface area contributed by atoms with E-state index in [9.17, 15) is 18.0 Å². The van der Waals surface area contributed by atoms with Gasteiger partial charge in [-0.15, -0.1) is 5.10 Å². The fraction of sp³-hybridized carbons (Fsp3) is 0.182. The molecule has 118 valence electrons. The number of alkyl halides is 3. The van der Waals surface area contributed by atoms with E-state index in [-0.39, 0.29) is 22.5 Å². The molecule has 0 saturated carbocycles. The van der Waals surface area contributed by atoms with E-state index >= 15 is 0 Å². The quantitative estimate of drug-likeness (QED) is 0.736. The first-order valence-corrected chi connectivity index (χ1v) is 7.09. The van der Waals surface area contributed by atoms with E-state index in [1.54, 1.807) is 0 Å². The number of thioether (sulfide) groups is 1. The predicted molar refractivity (Wildman–Crippen MR) is 76.6 cm³/mol. The molecule has 0 atom stereocenters. The van der Waals surface area contributed by atoms with Crippen LogP contribution in [0, 0.1) is 0 Å². The Kier molecular flexibility index (Phi) is 4.81. The molecule has 0 aliphatic carbocycles. The molecule has 0 fully saturated rings. The van der Waals surface area contributed by atoms with Gasteiger partial charge in [0.2, 0.25) is 17.0 Å². The summed E-state index contributed by atoms with van der Waals surface area (Å²) in [7, 11) is 0. The third-order valence-electron chi connectivity index (χ3n) is 2.37. The first kappa shape index (κ1) is 16.4. The summed E-state index contributed by atoms with van der Waals surface area (Å²) in [6, 6.07) is 3.13. The van der Waals surface area contributed by atoms with Gasteiger partial charge in [0, 0.05) is 5.69 Å². The van der Waals surface area contributed by atoms with Crippen LogP contribution < -0.4 is 11.1 Å². The topological polar surface area (TPSA) is 96.7 Å². The highest BCUT2D eigenvalue weighted by Crippen LogP contribution is 2.36. The number of carbonyl (C=O) groups is 1. The number of hydrogen-bond donors (Lipinski definition) is 3. The molecule has 0 spiro atoms. The van der Waals surface area contributed by atoms with Gasteiger partial charge in [-0.05, 0) is 18.2 Å². The van der Waals surface area contributed by atoms with Crippen LogP contribution in [0.15, 0.2) is 23.4 Å². The second-order valence-corrected chi connectivity index (χ2v) is 5.38. The van der Waals surface area contributed by atoms with Gasteiger partial charge in [-0.1, -0.05) is 23.4 Å². The van der Waals surface area contributed by atoms with E-state index in [2.05, 4.69) is 20.5 Å². The van der Waals surface area contributed by atoms with Crippen molar-refractivity contribution in [2.45, 2.75) is 11.3 Å². The molecule has 2 rings (SSSR count). The van der Waals surface area contributed by atoms with E-state index in [0.717, 1.165) is 23.9 Å². The number of nitrogen functional groups attached to an aromatic ring is 1. The lowest BCUT2D eigenvalue weighted by Crippen LogP contribution is -2.15. The van der Waals surface area contributed by atoms with Gasteiger partial charge in [-0.3, -0.25) is 4.79 Å². The lowest BCUT2D eigenvalue weighted by Gasteiger charge is -2.11. The van der Waals surface area contributed by atoms with E-state index in [0.29, 0.717) is 0 Å². The second kappa shape index (κ2) is 6.44. The molecule has 0 radical (unpaired) electrons. The summed E-state index contributed by atoms with van der Waals surface area (Å²) in [5.74, 6) is -0.486. The zero-order valence-electron chi connectivity index (χ0n) is 10.7. The number of aromatic amines is 1. The minimum atomic E-state index is -4.59. The molecule has 0 bridgehead atoms. The van der Waals surface area contributed by atoms with Gasteiger partial charge in [0.05, 0.1) is 16.3 Å². The standard InChI is InChI=1S/C11H9ClF3N5OS/c12-7-2-1-5(3-6(7)11(13,14)15)17-8(21)4-22-10-18-9(16)19-20-10/h1-3H,4H2,(H,17,21)(H3,16,18,19,20). The molecule has 0 aliphatic rings. The number of H-pyrrole nitrogens is 1. The Labute approximate surface area is 131 Å². The average Bonchev–Trinajstić information content (AvgIpc) is 2.83. The largest absolute Gasteiger partial charge is 0.417 e. The molecule has 2 aromatic rings. The van der Waals surface area contributed by atoms with Crippen LogP contribution in [0.5, 0.6) is 0 Å². The highest BCUT2D eigenvalue weighted by Gasteiger charge is 2.33. The monoisotopic (exact) mass is 351 g/mol. The van der Waals surface area contributed by atoms with Gasteiger partial charge >= 0.3 is 6.18 Å². The average molecular weight is 352 g/mol. The molecule has 4 N–H and O–H groups in total. The SMILES string of the molecule is Nc1nc(SCC(=O)Nc2ccc(Cl)c(C(F)(F)F)c2)n[nH]1. The number of rotatable bonds is 4. The van der Waals surface area contributed by atoms with Crippen LogP contribution in [-0.2, 0) is 11.0 Å². The van der Waals surface area contributed by atoms with Crippen molar-refractivity contribution in [3.63, 3.8) is 0 Å². The number of aromatic nitrogens is 3. The maximum Gasteiger partial charge on any atom is 0.417 e. The lowest BCUT2D eigenvalue weighted by molar-refractivity contribution is -0.137. The Balaban J connectivity index is 1.99. The van der Waals surface area contributed by atoms with Gasteiger partial charge in [-0.2, -0.15) is 18.2 Å². The Hall–Kier alpha value is -1.94. The van der Waals surface area contributed by atoms with Gasteiger partial charge < -0.3 is 11.1 Å². The molecule has 0 aliphatic heterocycles. The van der Waals surface area contributed by atoms with Crippen molar-refractivity contribution in [1.29, 1.82) is 0 Å². The summed E-state index contributed by atoms with van der Waals surface area (Å²) in [4.78, 5) is 15.5. The van der Waals surface area contributed by atoms with E-state index < -0.39 is 22.7 Å². The van der Waals surface area contributed by atoms with Crippen LogP contribution in [0.4, 0.5) is 24.8 Å². The summed E-state index contributed by atoms with van der Waals surface area (Å²) in [6.07, 6.45) is -4.59. The molecule has 11 heteroatoms. The smallest absolute Gasteiger partial charge is 0.368 e. The van der Waals surface area contributed by atoms with Crippen molar-refractivity contribution in [2.24, 2.45) is 0 Å². The fourth-order valence-corrected chi connectivity index (χ4v) is 2.30. The number of carbonyl (C=O) groups excluding carboxylic acids is 1. The van der Waals surface area contributed by atoms with Crippen molar-refractivity contribution >= 4 is 40.9 Å². The number of amides is 1. The summed E-state index contributed by atoms with van der Waals surface area (Å²) in [5.41, 5.74) is 4.30. The molecular weight excluding hydrogens is 343 g/mol. The lowest BCUT2D eigenvalue weighted by atomic mass is 10.2. The number of nitrogens with one attached hydrogen (secondary N) is 2. The molecule has 6 nitrogen and oxygen atoms in total. The van der Waals surface area contributed by atoms with Crippen LogP contribution >= 0.6 is 23.4 Å². The number of nitrogens with zero attached hydrogens (tertiary/aromatic N) is 2. The van der Waals surface area contributed by atoms with Crippen LogP contribution in [0.2, 0.25) is 5.02 Å². The molecule has 1 aromatic heterocycles. The summed E-state index contributed by atoms with van der Waals surface area (Å²) < 4.78 is 38.1. The van der Waals surface area contributed by atoms with Crippen molar-refractivity contribution in [1.82, 2.24) is 15.2 Å². The summed E-state index contributed by atoms with van der Waals surface area (Å²) >= 11 is 6.48. The van der Waals surface area contributed by atoms with Crippen molar-refractivity contribution < 1.29 is 18.0 Å². The number of halogens is 4. The molecule has 0 unspecified atom stereocenters.